The van der Waals surface area contributed by atoms with Crippen LogP contribution in [0.1, 0.15) is 5.76 Å². The third-order valence-corrected chi connectivity index (χ3v) is 4.05. The number of amides is 1. The zero-order valence-corrected chi connectivity index (χ0v) is 15.2. The lowest BCUT2D eigenvalue weighted by Crippen LogP contribution is -2.07. The molecular formula is C19H12Cl2N2O4. The van der Waals surface area contributed by atoms with Crippen LogP contribution in [0.5, 0.6) is 0 Å². The van der Waals surface area contributed by atoms with Crippen molar-refractivity contribution in [3.63, 3.8) is 0 Å². The number of nitrogens with zero attached hydrogens (tertiary/aromatic N) is 1. The van der Waals surface area contributed by atoms with Gasteiger partial charge in [-0.1, -0.05) is 23.2 Å². The van der Waals surface area contributed by atoms with E-state index in [1.807, 2.05) is 0 Å². The number of nitrogens with one attached hydrogen (secondary N) is 1. The van der Waals surface area contributed by atoms with E-state index in [4.69, 9.17) is 27.6 Å². The average molecular weight is 403 g/mol. The van der Waals surface area contributed by atoms with E-state index in [-0.39, 0.29) is 16.6 Å². The van der Waals surface area contributed by atoms with Crippen LogP contribution in [0, 0.1) is 10.1 Å². The highest BCUT2D eigenvalue weighted by Gasteiger charge is 2.18. The van der Waals surface area contributed by atoms with Crippen molar-refractivity contribution in [2.24, 2.45) is 0 Å². The summed E-state index contributed by atoms with van der Waals surface area (Å²) in [5.74, 6) is 0.323. The van der Waals surface area contributed by atoms with E-state index in [0.717, 1.165) is 0 Å². The molecule has 8 heteroatoms. The van der Waals surface area contributed by atoms with Crippen LogP contribution in [-0.4, -0.2) is 10.8 Å². The number of nitro groups is 1. The standard InChI is InChI=1S/C19H12Cl2N2O4/c20-12-1-4-14(5-2-12)22-19(24)10-7-15-6-9-18(27-15)16-8-3-13(21)11-17(16)23(25)26/h1-11H,(H,22,24)/b10-7+. The normalized spacial score (nSPS) is 10.9. The van der Waals surface area contributed by atoms with Crippen molar-refractivity contribution in [1.29, 1.82) is 0 Å². The fourth-order valence-corrected chi connectivity index (χ4v) is 2.62. The minimum Gasteiger partial charge on any atom is -0.456 e. The topological polar surface area (TPSA) is 85.4 Å². The summed E-state index contributed by atoms with van der Waals surface area (Å²) in [5.41, 5.74) is 0.744. The molecule has 3 rings (SSSR count). The molecular weight excluding hydrogens is 391 g/mol. The predicted octanol–water partition coefficient (Wildman–Crippen LogP) is 5.81. The van der Waals surface area contributed by atoms with Gasteiger partial charge in [0.15, 0.2) is 0 Å². The van der Waals surface area contributed by atoms with Crippen LogP contribution >= 0.6 is 23.2 Å². The van der Waals surface area contributed by atoms with Crippen LogP contribution in [-0.2, 0) is 4.79 Å². The molecule has 0 saturated carbocycles. The molecule has 1 N–H and O–H groups in total. The number of hydrogen-bond donors (Lipinski definition) is 1. The molecule has 2 aromatic carbocycles. The summed E-state index contributed by atoms with van der Waals surface area (Å²) in [6, 6.07) is 14.2. The summed E-state index contributed by atoms with van der Waals surface area (Å²) < 4.78 is 5.58. The Hall–Kier alpha value is -3.09. The van der Waals surface area contributed by atoms with Gasteiger partial charge in [0, 0.05) is 27.9 Å². The number of hydrogen-bond acceptors (Lipinski definition) is 4. The molecule has 6 nitrogen and oxygen atoms in total. The fraction of sp³-hybridized carbons (Fsp3) is 0. The van der Waals surface area contributed by atoms with Gasteiger partial charge in [-0.05, 0) is 54.6 Å². The molecule has 0 bridgehead atoms. The molecule has 0 unspecified atom stereocenters. The maximum absolute atomic E-state index is 12.0. The third-order valence-electron chi connectivity index (χ3n) is 3.56. The van der Waals surface area contributed by atoms with Gasteiger partial charge >= 0.3 is 0 Å². The van der Waals surface area contributed by atoms with E-state index < -0.39 is 4.92 Å². The van der Waals surface area contributed by atoms with Crippen molar-refractivity contribution in [2.75, 3.05) is 5.32 Å². The van der Waals surface area contributed by atoms with Crippen molar-refractivity contribution in [3.8, 4) is 11.3 Å². The van der Waals surface area contributed by atoms with Gasteiger partial charge < -0.3 is 9.73 Å². The van der Waals surface area contributed by atoms with Crippen molar-refractivity contribution >= 4 is 46.6 Å². The lowest BCUT2D eigenvalue weighted by molar-refractivity contribution is -0.384. The second-order valence-electron chi connectivity index (χ2n) is 5.45. The Labute approximate surface area is 164 Å². The lowest BCUT2D eigenvalue weighted by Gasteiger charge is -2.01. The number of rotatable bonds is 5. The van der Waals surface area contributed by atoms with Crippen molar-refractivity contribution < 1.29 is 14.1 Å². The minimum absolute atomic E-state index is 0.159. The van der Waals surface area contributed by atoms with Gasteiger partial charge in [0.25, 0.3) is 5.69 Å². The molecule has 27 heavy (non-hydrogen) atoms. The van der Waals surface area contributed by atoms with Gasteiger partial charge in [0.2, 0.25) is 5.91 Å². The summed E-state index contributed by atoms with van der Waals surface area (Å²) in [4.78, 5) is 22.6. The van der Waals surface area contributed by atoms with Crippen LogP contribution in [0.15, 0.2) is 65.1 Å². The highest BCUT2D eigenvalue weighted by Crippen LogP contribution is 2.33. The largest absolute Gasteiger partial charge is 0.456 e. The van der Waals surface area contributed by atoms with Crippen molar-refractivity contribution in [3.05, 3.63) is 86.6 Å². The van der Waals surface area contributed by atoms with Gasteiger partial charge in [-0.2, -0.15) is 0 Å². The quantitative estimate of drug-likeness (QED) is 0.331. The van der Waals surface area contributed by atoms with E-state index in [0.29, 0.717) is 27.8 Å². The van der Waals surface area contributed by atoms with E-state index in [2.05, 4.69) is 5.32 Å². The smallest absolute Gasteiger partial charge is 0.281 e. The Balaban J connectivity index is 1.74. The first-order valence-corrected chi connectivity index (χ1v) is 8.47. The SMILES string of the molecule is O=C(/C=C/c1ccc(-c2ccc(Cl)cc2[N+](=O)[O-])o1)Nc1ccc(Cl)cc1. The molecule has 1 amide bonds. The van der Waals surface area contributed by atoms with Crippen LogP contribution in [0.25, 0.3) is 17.4 Å². The zero-order chi connectivity index (χ0) is 19.4. The average Bonchev–Trinajstić information content (AvgIpc) is 3.10. The second-order valence-corrected chi connectivity index (χ2v) is 6.32. The zero-order valence-electron chi connectivity index (χ0n) is 13.7. The number of benzene rings is 2. The molecule has 1 aromatic heterocycles. The first kappa shape index (κ1) is 18.7. The van der Waals surface area contributed by atoms with Gasteiger partial charge in [-0.15, -0.1) is 0 Å². The van der Waals surface area contributed by atoms with Crippen LogP contribution in [0.4, 0.5) is 11.4 Å². The molecule has 1 heterocycles. The number of carbonyl (C=O) groups excluding carboxylic acids is 1. The van der Waals surface area contributed by atoms with E-state index >= 15 is 0 Å². The highest BCUT2D eigenvalue weighted by atomic mass is 35.5. The maximum atomic E-state index is 12.0. The van der Waals surface area contributed by atoms with E-state index in [1.54, 1.807) is 42.5 Å². The summed E-state index contributed by atoms with van der Waals surface area (Å²) in [5, 5.41) is 14.7. The molecule has 0 aliphatic rings. The molecule has 0 radical (unpaired) electrons. The Bertz CT molecular complexity index is 1030. The second kappa shape index (κ2) is 8.07. The van der Waals surface area contributed by atoms with Crippen molar-refractivity contribution in [1.82, 2.24) is 0 Å². The van der Waals surface area contributed by atoms with Crippen molar-refractivity contribution in [2.45, 2.75) is 0 Å². The number of halogens is 2. The highest BCUT2D eigenvalue weighted by molar-refractivity contribution is 6.31. The predicted molar refractivity (Wildman–Crippen MR) is 105 cm³/mol. The number of carbonyl (C=O) groups is 1. The Kier molecular flexibility index (Phi) is 5.59. The number of furan rings is 1. The first-order valence-electron chi connectivity index (χ1n) is 7.71. The molecule has 3 aromatic rings. The molecule has 0 aliphatic heterocycles. The van der Waals surface area contributed by atoms with Gasteiger partial charge in [0.1, 0.15) is 11.5 Å². The molecule has 0 spiro atoms. The third kappa shape index (κ3) is 4.75. The number of nitro benzene ring substituents is 1. The fourth-order valence-electron chi connectivity index (χ4n) is 2.33. The maximum Gasteiger partial charge on any atom is 0.281 e. The lowest BCUT2D eigenvalue weighted by atomic mass is 10.1. The van der Waals surface area contributed by atoms with Gasteiger partial charge in [-0.3, -0.25) is 14.9 Å². The summed E-state index contributed by atoms with van der Waals surface area (Å²) in [7, 11) is 0. The van der Waals surface area contributed by atoms with Gasteiger partial charge in [-0.25, -0.2) is 0 Å². The molecule has 0 aliphatic carbocycles. The van der Waals surface area contributed by atoms with Crippen LogP contribution in [0.3, 0.4) is 0 Å². The molecule has 136 valence electrons. The Morgan fingerprint density at radius 3 is 2.44 bits per heavy atom. The monoisotopic (exact) mass is 402 g/mol. The Morgan fingerprint density at radius 1 is 1.04 bits per heavy atom. The molecule has 0 saturated heterocycles. The van der Waals surface area contributed by atoms with Crippen LogP contribution < -0.4 is 5.32 Å². The first-order chi connectivity index (χ1) is 12.9. The number of anilines is 1. The van der Waals surface area contributed by atoms with E-state index in [9.17, 15) is 14.9 Å². The molecule has 0 atom stereocenters. The van der Waals surface area contributed by atoms with E-state index in [1.165, 1.54) is 24.3 Å². The van der Waals surface area contributed by atoms with Gasteiger partial charge in [0.05, 0.1) is 10.5 Å². The van der Waals surface area contributed by atoms with Crippen LogP contribution in [0.2, 0.25) is 10.0 Å². The molecule has 0 fully saturated rings. The minimum atomic E-state index is -0.529. The Morgan fingerprint density at radius 2 is 1.74 bits per heavy atom. The summed E-state index contributed by atoms with van der Waals surface area (Å²) in [6.45, 7) is 0. The summed E-state index contributed by atoms with van der Waals surface area (Å²) in [6.07, 6.45) is 2.77. The summed E-state index contributed by atoms with van der Waals surface area (Å²) >= 11 is 11.6.